The molecule has 1 unspecified atom stereocenters. The van der Waals surface area contributed by atoms with Gasteiger partial charge in [0.2, 0.25) is 0 Å². The molecule has 0 saturated carbocycles. The number of imidazole rings is 1. The number of nitrogens with zero attached hydrogens (tertiary/aromatic N) is 2. The molecule has 1 aliphatic rings. The van der Waals surface area contributed by atoms with Crippen LogP contribution in [0.1, 0.15) is 35.1 Å². The SMILES string of the molecule is CCn1ccnc1CNC(=O)c1ccc(CC2CCNC2)cc1.Cl.Cl. The second kappa shape index (κ2) is 10.4. The molecule has 0 spiro atoms. The number of carbonyl (C=O) groups excluding carboxylic acids is 1. The highest BCUT2D eigenvalue weighted by atomic mass is 35.5. The Morgan fingerprint density at radius 3 is 2.72 bits per heavy atom. The van der Waals surface area contributed by atoms with Gasteiger partial charge < -0.3 is 15.2 Å². The summed E-state index contributed by atoms with van der Waals surface area (Å²) in [5.74, 6) is 1.55. The lowest BCUT2D eigenvalue weighted by Crippen LogP contribution is -2.24. The number of carbonyl (C=O) groups is 1. The summed E-state index contributed by atoms with van der Waals surface area (Å²) in [7, 11) is 0. The number of benzene rings is 1. The van der Waals surface area contributed by atoms with Gasteiger partial charge in [0.25, 0.3) is 5.91 Å². The van der Waals surface area contributed by atoms with Crippen molar-refractivity contribution in [1.82, 2.24) is 20.2 Å². The van der Waals surface area contributed by atoms with Gasteiger partial charge in [0, 0.05) is 24.5 Å². The van der Waals surface area contributed by atoms with Crippen LogP contribution in [0.5, 0.6) is 0 Å². The van der Waals surface area contributed by atoms with E-state index in [1.54, 1.807) is 6.20 Å². The molecule has 25 heavy (non-hydrogen) atoms. The van der Waals surface area contributed by atoms with Crippen molar-refractivity contribution in [3.05, 3.63) is 53.6 Å². The molecule has 5 nitrogen and oxygen atoms in total. The third-order valence-corrected chi connectivity index (χ3v) is 4.45. The molecule has 2 N–H and O–H groups in total. The van der Waals surface area contributed by atoms with Gasteiger partial charge in [0.05, 0.1) is 6.54 Å². The van der Waals surface area contributed by atoms with Crippen LogP contribution >= 0.6 is 24.8 Å². The predicted octanol–water partition coefficient (Wildman–Crippen LogP) is 2.83. The van der Waals surface area contributed by atoms with E-state index in [9.17, 15) is 4.79 Å². The van der Waals surface area contributed by atoms with Crippen LogP contribution in [0.3, 0.4) is 0 Å². The summed E-state index contributed by atoms with van der Waals surface area (Å²) in [6, 6.07) is 7.97. The Morgan fingerprint density at radius 1 is 1.32 bits per heavy atom. The lowest BCUT2D eigenvalue weighted by molar-refractivity contribution is 0.0949. The van der Waals surface area contributed by atoms with Crippen molar-refractivity contribution in [2.45, 2.75) is 32.9 Å². The van der Waals surface area contributed by atoms with Gasteiger partial charge >= 0.3 is 0 Å². The fourth-order valence-electron chi connectivity index (χ4n) is 3.07. The van der Waals surface area contributed by atoms with E-state index in [-0.39, 0.29) is 30.7 Å². The summed E-state index contributed by atoms with van der Waals surface area (Å²) in [5.41, 5.74) is 2.00. The standard InChI is InChI=1S/C18H24N4O.2ClH/c1-2-22-10-9-20-17(22)13-21-18(23)16-5-3-14(4-6-16)11-15-7-8-19-12-15;;/h3-6,9-10,15,19H,2,7-8,11-13H2,1H3,(H,21,23);2*1H. The zero-order chi connectivity index (χ0) is 16.1. The maximum Gasteiger partial charge on any atom is 0.251 e. The Kier molecular flexibility index (Phi) is 8.97. The lowest BCUT2D eigenvalue weighted by atomic mass is 9.98. The zero-order valence-corrected chi connectivity index (χ0v) is 16.0. The summed E-state index contributed by atoms with van der Waals surface area (Å²) in [6.07, 6.45) is 6.01. The Morgan fingerprint density at radius 2 is 2.08 bits per heavy atom. The van der Waals surface area contributed by atoms with Crippen LogP contribution in [-0.2, 0) is 19.5 Å². The number of nitrogens with one attached hydrogen (secondary N) is 2. The van der Waals surface area contributed by atoms with Crippen LogP contribution in [0.15, 0.2) is 36.7 Å². The van der Waals surface area contributed by atoms with Crippen molar-refractivity contribution in [1.29, 1.82) is 0 Å². The third kappa shape index (κ3) is 5.73. The number of aryl methyl sites for hydroxylation is 1. The molecule has 0 radical (unpaired) electrons. The summed E-state index contributed by atoms with van der Waals surface area (Å²) in [6.45, 7) is 5.60. The minimum Gasteiger partial charge on any atom is -0.345 e. The van der Waals surface area contributed by atoms with E-state index in [0.717, 1.165) is 37.8 Å². The number of aromatic nitrogens is 2. The normalized spacial score (nSPS) is 16.0. The number of amides is 1. The molecule has 7 heteroatoms. The van der Waals surface area contributed by atoms with Gasteiger partial charge in [-0.15, -0.1) is 24.8 Å². The highest BCUT2D eigenvalue weighted by Gasteiger charge is 2.15. The van der Waals surface area contributed by atoms with Crippen LogP contribution in [0, 0.1) is 5.92 Å². The molecule has 1 saturated heterocycles. The van der Waals surface area contributed by atoms with E-state index in [4.69, 9.17) is 0 Å². The van der Waals surface area contributed by atoms with Gasteiger partial charge in [0.1, 0.15) is 5.82 Å². The van der Waals surface area contributed by atoms with Crippen LogP contribution in [-0.4, -0.2) is 28.5 Å². The van der Waals surface area contributed by atoms with Crippen LogP contribution in [0.4, 0.5) is 0 Å². The summed E-state index contributed by atoms with van der Waals surface area (Å²) < 4.78 is 2.03. The van der Waals surface area contributed by atoms with E-state index in [1.807, 2.05) is 22.9 Å². The summed E-state index contributed by atoms with van der Waals surface area (Å²) >= 11 is 0. The van der Waals surface area contributed by atoms with E-state index >= 15 is 0 Å². The van der Waals surface area contributed by atoms with Gasteiger partial charge in [-0.1, -0.05) is 12.1 Å². The second-order valence-corrected chi connectivity index (χ2v) is 6.07. The minimum absolute atomic E-state index is 0. The maximum absolute atomic E-state index is 12.2. The Hall–Kier alpha value is -1.56. The highest BCUT2D eigenvalue weighted by Crippen LogP contribution is 2.15. The van der Waals surface area contributed by atoms with Gasteiger partial charge in [-0.05, 0) is 56.5 Å². The molecule has 138 valence electrons. The van der Waals surface area contributed by atoms with E-state index < -0.39 is 0 Å². The fourth-order valence-corrected chi connectivity index (χ4v) is 3.07. The van der Waals surface area contributed by atoms with E-state index in [2.05, 4.69) is 34.7 Å². The third-order valence-electron chi connectivity index (χ3n) is 4.45. The average molecular weight is 385 g/mol. The zero-order valence-electron chi connectivity index (χ0n) is 14.4. The molecule has 1 amide bonds. The van der Waals surface area contributed by atoms with Crippen molar-refractivity contribution < 1.29 is 4.79 Å². The average Bonchev–Trinajstić information content (AvgIpc) is 3.24. The topological polar surface area (TPSA) is 59.0 Å². The molecule has 1 atom stereocenters. The number of hydrogen-bond donors (Lipinski definition) is 2. The van der Waals surface area contributed by atoms with E-state index in [0.29, 0.717) is 12.1 Å². The highest BCUT2D eigenvalue weighted by molar-refractivity contribution is 5.94. The Balaban J connectivity index is 0.00000156. The first-order chi connectivity index (χ1) is 11.3. The molecule has 3 rings (SSSR count). The fraction of sp³-hybridized carbons (Fsp3) is 0.444. The molecular formula is C18H26Cl2N4O. The van der Waals surface area contributed by atoms with E-state index in [1.165, 1.54) is 12.0 Å². The lowest BCUT2D eigenvalue weighted by Gasteiger charge is -2.10. The number of halogens is 2. The van der Waals surface area contributed by atoms with Crippen molar-refractivity contribution >= 4 is 30.7 Å². The maximum atomic E-state index is 12.2. The first-order valence-corrected chi connectivity index (χ1v) is 8.34. The Bertz CT molecular complexity index is 651. The largest absolute Gasteiger partial charge is 0.345 e. The number of hydrogen-bond acceptors (Lipinski definition) is 3. The van der Waals surface area contributed by atoms with Crippen LogP contribution in [0.2, 0.25) is 0 Å². The molecular weight excluding hydrogens is 359 g/mol. The smallest absolute Gasteiger partial charge is 0.251 e. The van der Waals surface area contributed by atoms with Crippen molar-refractivity contribution in [2.24, 2.45) is 5.92 Å². The summed E-state index contributed by atoms with van der Waals surface area (Å²) in [4.78, 5) is 16.5. The molecule has 2 aromatic rings. The number of rotatable bonds is 6. The molecule has 1 aromatic carbocycles. The molecule has 2 heterocycles. The van der Waals surface area contributed by atoms with Gasteiger partial charge in [-0.3, -0.25) is 4.79 Å². The molecule has 0 aliphatic carbocycles. The van der Waals surface area contributed by atoms with Crippen molar-refractivity contribution in [3.8, 4) is 0 Å². The summed E-state index contributed by atoms with van der Waals surface area (Å²) in [5, 5.41) is 6.33. The molecule has 1 fully saturated rings. The van der Waals surface area contributed by atoms with Crippen LogP contribution < -0.4 is 10.6 Å². The predicted molar refractivity (Wildman–Crippen MR) is 105 cm³/mol. The van der Waals surface area contributed by atoms with Crippen molar-refractivity contribution in [2.75, 3.05) is 13.1 Å². The Labute approximate surface area is 161 Å². The van der Waals surface area contributed by atoms with Gasteiger partial charge in [-0.2, -0.15) is 0 Å². The first-order valence-electron chi connectivity index (χ1n) is 8.34. The molecule has 1 aromatic heterocycles. The van der Waals surface area contributed by atoms with Crippen molar-refractivity contribution in [3.63, 3.8) is 0 Å². The molecule has 1 aliphatic heterocycles. The molecule has 0 bridgehead atoms. The van der Waals surface area contributed by atoms with Crippen LogP contribution in [0.25, 0.3) is 0 Å². The van der Waals surface area contributed by atoms with Gasteiger partial charge in [0.15, 0.2) is 0 Å². The quantitative estimate of drug-likeness (QED) is 0.804. The second-order valence-electron chi connectivity index (χ2n) is 6.07. The first kappa shape index (κ1) is 21.5. The monoisotopic (exact) mass is 384 g/mol. The minimum atomic E-state index is -0.0512. The van der Waals surface area contributed by atoms with Gasteiger partial charge in [-0.25, -0.2) is 4.98 Å².